The molecule has 0 bridgehead atoms. The summed E-state index contributed by atoms with van der Waals surface area (Å²) < 4.78 is 14.3. The van der Waals surface area contributed by atoms with Gasteiger partial charge in [-0.3, -0.25) is 4.79 Å². The topological polar surface area (TPSA) is 20.3 Å². The van der Waals surface area contributed by atoms with Crippen molar-refractivity contribution in [1.82, 2.24) is 0 Å². The molecule has 102 valence electrons. The Balaban J connectivity index is 1.93. The van der Waals surface area contributed by atoms with E-state index in [-0.39, 0.29) is 11.7 Å². The van der Waals surface area contributed by atoms with Crippen molar-refractivity contribution in [1.29, 1.82) is 0 Å². The number of carbonyl (C=O) groups excluding carboxylic acids is 1. The van der Waals surface area contributed by atoms with Crippen molar-refractivity contribution in [3.8, 4) is 0 Å². The highest BCUT2D eigenvalue weighted by atomic mass is 79.9. The molecule has 1 aliphatic rings. The first kappa shape index (κ1) is 13.3. The molecule has 0 saturated heterocycles. The van der Waals surface area contributed by atoms with E-state index in [0.29, 0.717) is 19.4 Å². The van der Waals surface area contributed by atoms with Crippen molar-refractivity contribution < 1.29 is 9.18 Å². The molecule has 1 aliphatic heterocycles. The fourth-order valence-electron chi connectivity index (χ4n) is 2.47. The predicted molar refractivity (Wildman–Crippen MR) is 80.1 cm³/mol. The second-order valence-corrected chi connectivity index (χ2v) is 5.80. The van der Waals surface area contributed by atoms with Crippen LogP contribution in [0.25, 0.3) is 0 Å². The maximum absolute atomic E-state index is 13.3. The third-order valence-electron chi connectivity index (χ3n) is 3.50. The van der Waals surface area contributed by atoms with Crippen molar-refractivity contribution >= 4 is 27.5 Å². The molecule has 2 aromatic carbocycles. The third-order valence-corrected chi connectivity index (χ3v) is 4.02. The van der Waals surface area contributed by atoms with Gasteiger partial charge in [-0.15, -0.1) is 0 Å². The Morgan fingerprint density at radius 3 is 2.60 bits per heavy atom. The molecule has 1 amide bonds. The summed E-state index contributed by atoms with van der Waals surface area (Å²) in [4.78, 5) is 13.9. The van der Waals surface area contributed by atoms with Gasteiger partial charge in [0, 0.05) is 16.6 Å². The van der Waals surface area contributed by atoms with E-state index < -0.39 is 0 Å². The molecule has 0 N–H and O–H groups in total. The van der Waals surface area contributed by atoms with Crippen LogP contribution in [0.4, 0.5) is 10.1 Å². The Kier molecular flexibility index (Phi) is 3.57. The van der Waals surface area contributed by atoms with Crippen LogP contribution in [-0.2, 0) is 17.8 Å². The molecule has 0 aliphatic carbocycles. The zero-order valence-corrected chi connectivity index (χ0v) is 12.4. The standard InChI is InChI=1S/C16H13BrFNO/c17-13-4-1-11(2-5-13)10-19-15-7-6-14(18)9-12(15)3-8-16(19)20/h1-2,4-7,9H,3,8,10H2. The van der Waals surface area contributed by atoms with Crippen LogP contribution in [0.2, 0.25) is 0 Å². The lowest BCUT2D eigenvalue weighted by molar-refractivity contribution is -0.119. The maximum Gasteiger partial charge on any atom is 0.227 e. The van der Waals surface area contributed by atoms with E-state index in [9.17, 15) is 9.18 Å². The largest absolute Gasteiger partial charge is 0.308 e. The second kappa shape index (κ2) is 5.37. The van der Waals surface area contributed by atoms with Crippen LogP contribution in [0.3, 0.4) is 0 Å². The van der Waals surface area contributed by atoms with Gasteiger partial charge < -0.3 is 4.90 Å². The highest BCUT2D eigenvalue weighted by Gasteiger charge is 2.24. The maximum atomic E-state index is 13.3. The fourth-order valence-corrected chi connectivity index (χ4v) is 2.74. The van der Waals surface area contributed by atoms with E-state index in [1.807, 2.05) is 24.3 Å². The van der Waals surface area contributed by atoms with E-state index in [4.69, 9.17) is 0 Å². The molecule has 0 fully saturated rings. The minimum atomic E-state index is -0.248. The van der Waals surface area contributed by atoms with Crippen LogP contribution in [0, 0.1) is 5.82 Å². The fraction of sp³-hybridized carbons (Fsp3) is 0.188. The molecule has 0 radical (unpaired) electrons. The van der Waals surface area contributed by atoms with E-state index in [0.717, 1.165) is 21.3 Å². The molecular formula is C16H13BrFNO. The minimum Gasteiger partial charge on any atom is -0.308 e. The molecule has 0 atom stereocenters. The molecule has 4 heteroatoms. The summed E-state index contributed by atoms with van der Waals surface area (Å²) in [6, 6.07) is 12.5. The van der Waals surface area contributed by atoms with Gasteiger partial charge in [0.05, 0.1) is 6.54 Å². The van der Waals surface area contributed by atoms with Gasteiger partial charge in [-0.2, -0.15) is 0 Å². The second-order valence-electron chi connectivity index (χ2n) is 4.88. The highest BCUT2D eigenvalue weighted by molar-refractivity contribution is 9.10. The number of aryl methyl sites for hydroxylation is 1. The molecule has 3 rings (SSSR count). The summed E-state index contributed by atoms with van der Waals surface area (Å²) in [6.45, 7) is 0.519. The average molecular weight is 334 g/mol. The monoisotopic (exact) mass is 333 g/mol. The molecule has 0 aromatic heterocycles. The molecule has 0 saturated carbocycles. The van der Waals surface area contributed by atoms with Crippen molar-refractivity contribution in [2.45, 2.75) is 19.4 Å². The predicted octanol–water partition coefficient (Wildman–Crippen LogP) is 4.07. The zero-order valence-electron chi connectivity index (χ0n) is 10.8. The number of anilines is 1. The molecule has 20 heavy (non-hydrogen) atoms. The Hall–Kier alpha value is -1.68. The van der Waals surface area contributed by atoms with Gasteiger partial charge in [0.1, 0.15) is 5.82 Å². The lowest BCUT2D eigenvalue weighted by Gasteiger charge is -2.29. The smallest absolute Gasteiger partial charge is 0.227 e. The highest BCUT2D eigenvalue weighted by Crippen LogP contribution is 2.30. The van der Waals surface area contributed by atoms with Gasteiger partial charge in [0.2, 0.25) is 5.91 Å². The van der Waals surface area contributed by atoms with Crippen molar-refractivity contribution in [3.05, 3.63) is 63.9 Å². The summed E-state index contributed by atoms with van der Waals surface area (Å²) in [5, 5.41) is 0. The number of hydrogen-bond acceptors (Lipinski definition) is 1. The summed E-state index contributed by atoms with van der Waals surface area (Å²) >= 11 is 3.39. The van der Waals surface area contributed by atoms with Crippen molar-refractivity contribution in [2.24, 2.45) is 0 Å². The van der Waals surface area contributed by atoms with E-state index in [1.54, 1.807) is 11.0 Å². The Morgan fingerprint density at radius 1 is 1.10 bits per heavy atom. The number of benzene rings is 2. The van der Waals surface area contributed by atoms with Gasteiger partial charge in [0.15, 0.2) is 0 Å². The van der Waals surface area contributed by atoms with E-state index in [2.05, 4.69) is 15.9 Å². The van der Waals surface area contributed by atoms with Gasteiger partial charge in [0.25, 0.3) is 0 Å². The first-order chi connectivity index (χ1) is 9.63. The Labute approximate surface area is 125 Å². The molecule has 2 aromatic rings. The van der Waals surface area contributed by atoms with Crippen LogP contribution >= 0.6 is 15.9 Å². The van der Waals surface area contributed by atoms with E-state index >= 15 is 0 Å². The summed E-state index contributed by atoms with van der Waals surface area (Å²) in [7, 11) is 0. The average Bonchev–Trinajstić information content (AvgIpc) is 2.44. The molecule has 1 heterocycles. The lowest BCUT2D eigenvalue weighted by Crippen LogP contribution is -2.34. The van der Waals surface area contributed by atoms with Crippen LogP contribution < -0.4 is 4.90 Å². The number of nitrogens with zero attached hydrogens (tertiary/aromatic N) is 1. The molecule has 0 unspecified atom stereocenters. The van der Waals surface area contributed by atoms with Crippen LogP contribution in [0.5, 0.6) is 0 Å². The van der Waals surface area contributed by atoms with Gasteiger partial charge in [-0.25, -0.2) is 4.39 Å². The number of halogens is 2. The lowest BCUT2D eigenvalue weighted by atomic mass is 10.0. The van der Waals surface area contributed by atoms with Crippen LogP contribution in [0.15, 0.2) is 46.9 Å². The number of carbonyl (C=O) groups is 1. The quantitative estimate of drug-likeness (QED) is 0.811. The summed E-state index contributed by atoms with van der Waals surface area (Å²) in [5.74, 6) is -0.159. The first-order valence-electron chi connectivity index (χ1n) is 6.47. The Morgan fingerprint density at radius 2 is 1.85 bits per heavy atom. The zero-order chi connectivity index (χ0) is 14.1. The van der Waals surface area contributed by atoms with Gasteiger partial charge in [-0.05, 0) is 47.9 Å². The van der Waals surface area contributed by atoms with Crippen LogP contribution in [-0.4, -0.2) is 5.91 Å². The normalized spacial score (nSPS) is 14.3. The van der Waals surface area contributed by atoms with Crippen LogP contribution in [0.1, 0.15) is 17.5 Å². The van der Waals surface area contributed by atoms with Gasteiger partial charge >= 0.3 is 0 Å². The first-order valence-corrected chi connectivity index (χ1v) is 7.26. The number of fused-ring (bicyclic) bond motifs is 1. The number of rotatable bonds is 2. The summed E-state index contributed by atoms with van der Waals surface area (Å²) in [6.07, 6.45) is 1.05. The number of hydrogen-bond donors (Lipinski definition) is 0. The van der Waals surface area contributed by atoms with Crippen molar-refractivity contribution in [2.75, 3.05) is 4.90 Å². The molecule has 0 spiro atoms. The molecular weight excluding hydrogens is 321 g/mol. The van der Waals surface area contributed by atoms with Gasteiger partial charge in [-0.1, -0.05) is 28.1 Å². The third kappa shape index (κ3) is 2.61. The molecule has 2 nitrogen and oxygen atoms in total. The number of amides is 1. The SMILES string of the molecule is O=C1CCc2cc(F)ccc2N1Cc1ccc(Br)cc1. The minimum absolute atomic E-state index is 0.0898. The summed E-state index contributed by atoms with van der Waals surface area (Å²) in [5.41, 5.74) is 2.78. The Bertz CT molecular complexity index is 654. The van der Waals surface area contributed by atoms with Crippen molar-refractivity contribution in [3.63, 3.8) is 0 Å². The van der Waals surface area contributed by atoms with E-state index in [1.165, 1.54) is 12.1 Å².